The predicted octanol–water partition coefficient (Wildman–Crippen LogP) is 8.08. The summed E-state index contributed by atoms with van der Waals surface area (Å²) in [5.74, 6) is 1.37. The van der Waals surface area contributed by atoms with E-state index in [4.69, 9.17) is 31.4 Å². The molecule has 0 amide bonds. The van der Waals surface area contributed by atoms with Crippen molar-refractivity contribution in [1.82, 2.24) is 9.97 Å². The average Bonchev–Trinajstić information content (AvgIpc) is 3.39. The highest BCUT2D eigenvalue weighted by Gasteiger charge is 2.32. The predicted molar refractivity (Wildman–Crippen MR) is 153 cm³/mol. The number of hydrogen-bond acceptors (Lipinski definition) is 5. The van der Waals surface area contributed by atoms with E-state index in [1.165, 1.54) is 0 Å². The lowest BCUT2D eigenvalue weighted by Crippen LogP contribution is -2.21. The highest BCUT2D eigenvalue weighted by Crippen LogP contribution is 2.38. The standard InChI is InChI=1S/C30H22BrClN4O/c1-37-24-16-10-19(11-17-24)27-18-28(20-6-12-22(31)13-7-20)36(35-27)30-33-26-5-3-2-4-25(26)29(34-30)21-8-14-23(32)15-9-21/h2-17,28H,18H2,1H3/t28-/m1/s1. The van der Waals surface area contributed by atoms with Crippen LogP contribution in [0.25, 0.3) is 22.2 Å². The number of benzene rings is 4. The van der Waals surface area contributed by atoms with Crippen LogP contribution in [0.4, 0.5) is 5.95 Å². The van der Waals surface area contributed by atoms with Gasteiger partial charge in [0.15, 0.2) is 0 Å². The van der Waals surface area contributed by atoms with Crippen LogP contribution in [-0.4, -0.2) is 22.8 Å². The first-order chi connectivity index (χ1) is 18.1. The summed E-state index contributed by atoms with van der Waals surface area (Å²) >= 11 is 9.73. The molecule has 2 heterocycles. The Bertz CT molecular complexity index is 1600. The number of nitrogens with zero attached hydrogens (tertiary/aromatic N) is 4. The molecule has 0 fully saturated rings. The van der Waals surface area contributed by atoms with Gasteiger partial charge in [0.25, 0.3) is 0 Å². The first-order valence-corrected chi connectivity index (χ1v) is 13.1. The topological polar surface area (TPSA) is 50.6 Å². The van der Waals surface area contributed by atoms with E-state index in [2.05, 4.69) is 40.2 Å². The van der Waals surface area contributed by atoms with Gasteiger partial charge in [-0.1, -0.05) is 70.0 Å². The molecule has 7 heteroatoms. The van der Waals surface area contributed by atoms with Gasteiger partial charge in [-0.3, -0.25) is 0 Å². The van der Waals surface area contributed by atoms with Crippen LogP contribution in [0.3, 0.4) is 0 Å². The average molecular weight is 570 g/mol. The summed E-state index contributed by atoms with van der Waals surface area (Å²) in [6.07, 6.45) is 0.723. The van der Waals surface area contributed by atoms with Gasteiger partial charge in [-0.2, -0.15) is 5.10 Å². The molecule has 0 saturated heterocycles. The summed E-state index contributed by atoms with van der Waals surface area (Å²) in [5, 5.41) is 8.69. The molecule has 4 aromatic carbocycles. The Morgan fingerprint density at radius 3 is 2.27 bits per heavy atom. The maximum absolute atomic E-state index is 6.17. The van der Waals surface area contributed by atoms with Crippen molar-refractivity contribution in [2.75, 3.05) is 12.1 Å². The number of rotatable bonds is 5. The molecule has 0 spiro atoms. The van der Waals surface area contributed by atoms with E-state index < -0.39 is 0 Å². The number of anilines is 1. The molecule has 0 bridgehead atoms. The number of hydrazone groups is 1. The van der Waals surface area contributed by atoms with Crippen LogP contribution in [-0.2, 0) is 0 Å². The minimum atomic E-state index is -0.0515. The summed E-state index contributed by atoms with van der Waals surface area (Å²) in [7, 11) is 1.67. The van der Waals surface area contributed by atoms with Crippen molar-refractivity contribution in [3.8, 4) is 17.0 Å². The second kappa shape index (κ2) is 9.96. The molecule has 37 heavy (non-hydrogen) atoms. The van der Waals surface area contributed by atoms with E-state index in [1.54, 1.807) is 7.11 Å². The molecule has 1 aliphatic heterocycles. The molecule has 0 radical (unpaired) electrons. The second-order valence-electron chi connectivity index (χ2n) is 8.79. The van der Waals surface area contributed by atoms with Crippen LogP contribution in [0.2, 0.25) is 5.02 Å². The first kappa shape index (κ1) is 23.6. The molecular weight excluding hydrogens is 548 g/mol. The number of aromatic nitrogens is 2. The SMILES string of the molecule is COc1ccc(C2=NN(c3nc(-c4ccc(Cl)cc4)c4ccccc4n3)[C@@H](c3ccc(Br)cc3)C2)cc1. The lowest BCUT2D eigenvalue weighted by atomic mass is 9.98. The van der Waals surface area contributed by atoms with Crippen molar-refractivity contribution in [3.05, 3.63) is 118 Å². The fourth-order valence-electron chi connectivity index (χ4n) is 4.59. The summed E-state index contributed by atoms with van der Waals surface area (Å²) in [6.45, 7) is 0. The minimum Gasteiger partial charge on any atom is -0.497 e. The van der Waals surface area contributed by atoms with E-state index in [-0.39, 0.29) is 6.04 Å². The number of halogens is 2. The van der Waals surface area contributed by atoms with Gasteiger partial charge in [-0.15, -0.1) is 0 Å². The fourth-order valence-corrected chi connectivity index (χ4v) is 4.98. The number of para-hydroxylation sites is 1. The van der Waals surface area contributed by atoms with Crippen molar-refractivity contribution in [2.45, 2.75) is 12.5 Å². The van der Waals surface area contributed by atoms with Gasteiger partial charge in [-0.25, -0.2) is 15.0 Å². The summed E-state index contributed by atoms with van der Waals surface area (Å²) < 4.78 is 6.38. The molecule has 1 atom stereocenters. The quantitative estimate of drug-likeness (QED) is 0.215. The number of ether oxygens (including phenoxy) is 1. The normalized spacial score (nSPS) is 15.2. The van der Waals surface area contributed by atoms with Gasteiger partial charge in [0, 0.05) is 26.9 Å². The Hall–Kier alpha value is -3.74. The van der Waals surface area contributed by atoms with Crippen molar-refractivity contribution >= 4 is 50.1 Å². The molecule has 0 unspecified atom stereocenters. The molecule has 5 aromatic rings. The monoisotopic (exact) mass is 568 g/mol. The fraction of sp³-hybridized carbons (Fsp3) is 0.100. The third-order valence-electron chi connectivity index (χ3n) is 6.50. The Morgan fingerprint density at radius 2 is 1.54 bits per heavy atom. The van der Waals surface area contributed by atoms with Gasteiger partial charge in [0.2, 0.25) is 5.95 Å². The van der Waals surface area contributed by atoms with E-state index >= 15 is 0 Å². The van der Waals surface area contributed by atoms with Gasteiger partial charge in [0.05, 0.1) is 30.1 Å². The maximum atomic E-state index is 6.17. The van der Waals surface area contributed by atoms with Gasteiger partial charge in [-0.05, 0) is 65.7 Å². The highest BCUT2D eigenvalue weighted by molar-refractivity contribution is 9.10. The molecular formula is C30H22BrClN4O. The lowest BCUT2D eigenvalue weighted by Gasteiger charge is -2.23. The molecule has 1 aromatic heterocycles. The summed E-state index contributed by atoms with van der Waals surface area (Å²) in [6, 6.07) is 32.1. The number of methoxy groups -OCH3 is 1. The van der Waals surface area contributed by atoms with Crippen molar-refractivity contribution in [2.24, 2.45) is 5.10 Å². The second-order valence-corrected chi connectivity index (χ2v) is 10.1. The minimum absolute atomic E-state index is 0.0515. The Balaban J connectivity index is 1.50. The molecule has 182 valence electrons. The zero-order valence-corrected chi connectivity index (χ0v) is 22.3. The van der Waals surface area contributed by atoms with Crippen LogP contribution in [0, 0.1) is 0 Å². The van der Waals surface area contributed by atoms with Gasteiger partial charge in [0.1, 0.15) is 5.75 Å². The molecule has 0 aliphatic carbocycles. The van der Waals surface area contributed by atoms with Crippen molar-refractivity contribution < 1.29 is 4.74 Å². The smallest absolute Gasteiger partial charge is 0.247 e. The summed E-state index contributed by atoms with van der Waals surface area (Å²) in [5.41, 5.74) is 5.84. The zero-order chi connectivity index (χ0) is 25.4. The van der Waals surface area contributed by atoms with Crippen LogP contribution in [0.1, 0.15) is 23.6 Å². The van der Waals surface area contributed by atoms with Crippen molar-refractivity contribution in [3.63, 3.8) is 0 Å². The largest absolute Gasteiger partial charge is 0.497 e. The third-order valence-corrected chi connectivity index (χ3v) is 7.28. The maximum Gasteiger partial charge on any atom is 0.247 e. The van der Waals surface area contributed by atoms with Crippen LogP contribution >= 0.6 is 27.5 Å². The Labute approximate surface area is 228 Å². The van der Waals surface area contributed by atoms with Crippen LogP contribution < -0.4 is 9.75 Å². The number of fused-ring (bicyclic) bond motifs is 1. The molecule has 0 N–H and O–H groups in total. The Morgan fingerprint density at radius 1 is 0.838 bits per heavy atom. The molecule has 0 saturated carbocycles. The van der Waals surface area contributed by atoms with Crippen LogP contribution in [0.15, 0.2) is 107 Å². The van der Waals surface area contributed by atoms with E-state index in [1.807, 2.05) is 77.8 Å². The van der Waals surface area contributed by atoms with Gasteiger partial charge >= 0.3 is 0 Å². The van der Waals surface area contributed by atoms with E-state index in [9.17, 15) is 0 Å². The van der Waals surface area contributed by atoms with Crippen LogP contribution in [0.5, 0.6) is 5.75 Å². The first-order valence-electron chi connectivity index (χ1n) is 11.9. The number of hydrogen-bond donors (Lipinski definition) is 0. The van der Waals surface area contributed by atoms with Crippen molar-refractivity contribution in [1.29, 1.82) is 0 Å². The van der Waals surface area contributed by atoms with E-state index in [0.29, 0.717) is 11.0 Å². The highest BCUT2D eigenvalue weighted by atomic mass is 79.9. The molecule has 5 nitrogen and oxygen atoms in total. The third kappa shape index (κ3) is 4.70. The summed E-state index contributed by atoms with van der Waals surface area (Å²) in [4.78, 5) is 10.0. The lowest BCUT2D eigenvalue weighted by molar-refractivity contribution is 0.415. The zero-order valence-electron chi connectivity index (χ0n) is 20.0. The Kier molecular flexibility index (Phi) is 6.37. The molecule has 1 aliphatic rings. The van der Waals surface area contributed by atoms with E-state index in [0.717, 1.165) is 55.6 Å². The van der Waals surface area contributed by atoms with Gasteiger partial charge < -0.3 is 4.74 Å². The molecule has 6 rings (SSSR count).